The number of amides is 3. The normalized spacial score (nSPS) is 14.4. The molecule has 0 aliphatic rings. The number of ether oxygens (including phenoxy) is 4. The van der Waals surface area contributed by atoms with Crippen molar-refractivity contribution >= 4 is 35.8 Å². The number of alkyl carbamates (subject to hydrolysis) is 1. The lowest BCUT2D eigenvalue weighted by Crippen LogP contribution is -2.68. The third-order valence-corrected chi connectivity index (χ3v) is 5.40. The highest BCUT2D eigenvalue weighted by Crippen LogP contribution is 2.20. The van der Waals surface area contributed by atoms with Gasteiger partial charge in [-0.15, -0.1) is 0 Å². The Morgan fingerprint density at radius 1 is 0.744 bits per heavy atom. The first-order valence-corrected chi connectivity index (χ1v) is 12.8. The fourth-order valence-electron chi connectivity index (χ4n) is 3.60. The first kappa shape index (κ1) is 35.6. The summed E-state index contributed by atoms with van der Waals surface area (Å²) in [7, 11) is 3.28. The zero-order valence-corrected chi connectivity index (χ0v) is 24.7. The van der Waals surface area contributed by atoms with E-state index in [0.29, 0.717) is 0 Å². The van der Waals surface area contributed by atoms with E-state index in [9.17, 15) is 28.8 Å². The standard InChI is InChI=1S/C26H45N3O10/c1-15(2)13-17(28-24(35)39-25(5,6)7)20(31)29-26(23(34)38-10,12-11-19(30)36-8)22(33)27-18(14-16(3)4)21(32)37-9/h15-18H,11-14H2,1-10H3,(H,27,33)(H,28,35)(H,29,31)/t17-,18-,26?/m0/s1. The van der Waals surface area contributed by atoms with E-state index in [1.807, 2.05) is 13.8 Å². The molecule has 0 aromatic heterocycles. The molecule has 0 radical (unpaired) electrons. The van der Waals surface area contributed by atoms with Gasteiger partial charge in [-0.2, -0.15) is 0 Å². The van der Waals surface area contributed by atoms with Crippen LogP contribution in [0.25, 0.3) is 0 Å². The van der Waals surface area contributed by atoms with Crippen molar-refractivity contribution in [2.24, 2.45) is 11.8 Å². The molecular weight excluding hydrogens is 514 g/mol. The summed E-state index contributed by atoms with van der Waals surface area (Å²) in [5, 5.41) is 7.33. The van der Waals surface area contributed by atoms with Crippen LogP contribution in [0.15, 0.2) is 0 Å². The van der Waals surface area contributed by atoms with Crippen molar-refractivity contribution in [3.05, 3.63) is 0 Å². The summed E-state index contributed by atoms with van der Waals surface area (Å²) < 4.78 is 19.6. The maximum atomic E-state index is 13.7. The van der Waals surface area contributed by atoms with Gasteiger partial charge in [0.1, 0.15) is 17.7 Å². The predicted octanol–water partition coefficient (Wildman–Crippen LogP) is 1.61. The van der Waals surface area contributed by atoms with Crippen LogP contribution in [0.1, 0.15) is 74.1 Å². The fraction of sp³-hybridized carbons (Fsp3) is 0.769. The highest BCUT2D eigenvalue weighted by Gasteiger charge is 2.50. The second-order valence-corrected chi connectivity index (χ2v) is 11.0. The molecule has 13 nitrogen and oxygen atoms in total. The Bertz CT molecular complexity index is 882. The number of rotatable bonds is 14. The molecule has 0 bridgehead atoms. The van der Waals surface area contributed by atoms with E-state index in [0.717, 1.165) is 21.3 Å². The van der Waals surface area contributed by atoms with Gasteiger partial charge < -0.3 is 34.9 Å². The van der Waals surface area contributed by atoms with Gasteiger partial charge in [-0.25, -0.2) is 14.4 Å². The van der Waals surface area contributed by atoms with Crippen molar-refractivity contribution in [1.29, 1.82) is 0 Å². The van der Waals surface area contributed by atoms with Gasteiger partial charge in [0.05, 0.1) is 21.3 Å². The third kappa shape index (κ3) is 12.3. The molecule has 3 atom stereocenters. The van der Waals surface area contributed by atoms with E-state index < -0.39 is 71.9 Å². The second kappa shape index (κ2) is 15.9. The zero-order valence-electron chi connectivity index (χ0n) is 24.7. The topological polar surface area (TPSA) is 175 Å². The summed E-state index contributed by atoms with van der Waals surface area (Å²) in [4.78, 5) is 77.1. The number of nitrogens with one attached hydrogen (secondary N) is 3. The Labute approximate surface area is 230 Å². The van der Waals surface area contributed by atoms with Crippen LogP contribution in [-0.4, -0.2) is 80.4 Å². The second-order valence-electron chi connectivity index (χ2n) is 11.0. The molecular formula is C26H45N3O10. The van der Waals surface area contributed by atoms with E-state index in [-0.39, 0.29) is 24.7 Å². The van der Waals surface area contributed by atoms with E-state index >= 15 is 0 Å². The van der Waals surface area contributed by atoms with E-state index in [1.54, 1.807) is 34.6 Å². The first-order valence-electron chi connectivity index (χ1n) is 12.8. The van der Waals surface area contributed by atoms with E-state index in [1.165, 1.54) is 0 Å². The molecule has 0 fully saturated rings. The number of esters is 3. The Kier molecular flexibility index (Phi) is 14.5. The van der Waals surface area contributed by atoms with Crippen molar-refractivity contribution in [1.82, 2.24) is 16.0 Å². The van der Waals surface area contributed by atoms with Crippen LogP contribution < -0.4 is 16.0 Å². The summed E-state index contributed by atoms with van der Waals surface area (Å²) in [5.74, 6) is -4.86. The highest BCUT2D eigenvalue weighted by molar-refractivity contribution is 6.11. The van der Waals surface area contributed by atoms with Crippen LogP contribution in [0.4, 0.5) is 4.79 Å². The summed E-state index contributed by atoms with van der Waals surface area (Å²) >= 11 is 0. The van der Waals surface area contributed by atoms with Crippen LogP contribution in [-0.2, 0) is 42.9 Å². The Morgan fingerprint density at radius 2 is 1.28 bits per heavy atom. The quantitative estimate of drug-likeness (QED) is 0.161. The van der Waals surface area contributed by atoms with Crippen LogP contribution in [0, 0.1) is 11.8 Å². The maximum absolute atomic E-state index is 13.7. The molecule has 0 aliphatic heterocycles. The fourth-order valence-corrected chi connectivity index (χ4v) is 3.60. The number of hydrogen-bond donors (Lipinski definition) is 3. The maximum Gasteiger partial charge on any atom is 0.408 e. The molecule has 224 valence electrons. The smallest absolute Gasteiger partial charge is 0.408 e. The van der Waals surface area contributed by atoms with Gasteiger partial charge in [-0.1, -0.05) is 27.7 Å². The largest absolute Gasteiger partial charge is 0.469 e. The van der Waals surface area contributed by atoms with Crippen molar-refractivity contribution < 1.29 is 47.7 Å². The molecule has 0 heterocycles. The molecule has 3 amide bonds. The summed E-state index contributed by atoms with van der Waals surface area (Å²) in [6.45, 7) is 12.2. The van der Waals surface area contributed by atoms with Gasteiger partial charge in [-0.3, -0.25) is 14.4 Å². The van der Waals surface area contributed by atoms with Gasteiger partial charge in [0.15, 0.2) is 0 Å². The summed E-state index contributed by atoms with van der Waals surface area (Å²) in [6, 6.07) is -2.38. The molecule has 39 heavy (non-hydrogen) atoms. The van der Waals surface area contributed by atoms with Gasteiger partial charge in [-0.05, 0) is 45.4 Å². The number of hydrogen-bond acceptors (Lipinski definition) is 10. The van der Waals surface area contributed by atoms with E-state index in [2.05, 4.69) is 20.7 Å². The predicted molar refractivity (Wildman–Crippen MR) is 140 cm³/mol. The average molecular weight is 560 g/mol. The molecule has 0 saturated heterocycles. The molecule has 0 aliphatic carbocycles. The minimum Gasteiger partial charge on any atom is -0.469 e. The SMILES string of the molecule is COC(=O)CCC(NC(=O)[C@H](CC(C)C)NC(=O)OC(C)(C)C)(C(=O)N[C@@H](CC(C)C)C(=O)OC)C(=O)OC. The number of methoxy groups -OCH3 is 3. The van der Waals surface area contributed by atoms with Crippen molar-refractivity contribution in [3.8, 4) is 0 Å². The van der Waals surface area contributed by atoms with Gasteiger partial charge in [0.25, 0.3) is 5.91 Å². The molecule has 0 aromatic carbocycles. The molecule has 0 rings (SSSR count). The van der Waals surface area contributed by atoms with Crippen LogP contribution in [0.3, 0.4) is 0 Å². The first-order chi connectivity index (χ1) is 17.9. The van der Waals surface area contributed by atoms with Gasteiger partial charge in [0, 0.05) is 12.8 Å². The molecule has 0 spiro atoms. The van der Waals surface area contributed by atoms with Crippen molar-refractivity contribution in [3.63, 3.8) is 0 Å². The Balaban J connectivity index is 6.52. The lowest BCUT2D eigenvalue weighted by atomic mass is 9.89. The Morgan fingerprint density at radius 3 is 1.72 bits per heavy atom. The lowest BCUT2D eigenvalue weighted by molar-refractivity contribution is -0.159. The lowest BCUT2D eigenvalue weighted by Gasteiger charge is -2.34. The minimum absolute atomic E-state index is 0.0555. The van der Waals surface area contributed by atoms with Crippen molar-refractivity contribution in [2.45, 2.75) is 97.4 Å². The average Bonchev–Trinajstić information content (AvgIpc) is 2.82. The van der Waals surface area contributed by atoms with Gasteiger partial charge in [0.2, 0.25) is 11.4 Å². The Hall–Kier alpha value is -3.38. The minimum atomic E-state index is -2.45. The molecule has 13 heteroatoms. The van der Waals surface area contributed by atoms with Crippen molar-refractivity contribution in [2.75, 3.05) is 21.3 Å². The highest BCUT2D eigenvalue weighted by atomic mass is 16.6. The zero-order chi connectivity index (χ0) is 30.6. The van der Waals surface area contributed by atoms with Crippen LogP contribution in [0.5, 0.6) is 0 Å². The molecule has 1 unspecified atom stereocenters. The summed E-state index contributed by atoms with van der Waals surface area (Å²) in [5.41, 5.74) is -3.30. The van der Waals surface area contributed by atoms with E-state index in [4.69, 9.17) is 14.2 Å². The number of carbonyl (C=O) groups excluding carboxylic acids is 6. The monoisotopic (exact) mass is 559 g/mol. The number of carbonyl (C=O) groups is 6. The van der Waals surface area contributed by atoms with Crippen LogP contribution in [0.2, 0.25) is 0 Å². The molecule has 3 N–H and O–H groups in total. The molecule has 0 aromatic rings. The van der Waals surface area contributed by atoms with Crippen LogP contribution >= 0.6 is 0 Å². The third-order valence-electron chi connectivity index (χ3n) is 5.40. The molecule has 0 saturated carbocycles. The van der Waals surface area contributed by atoms with Gasteiger partial charge >= 0.3 is 24.0 Å². The summed E-state index contributed by atoms with van der Waals surface area (Å²) in [6.07, 6.45) is -1.61.